The molecule has 29 heavy (non-hydrogen) atoms. The van der Waals surface area contributed by atoms with Gasteiger partial charge in [0.2, 0.25) is 0 Å². The summed E-state index contributed by atoms with van der Waals surface area (Å²) in [4.78, 5) is 0. The van der Waals surface area contributed by atoms with Crippen molar-refractivity contribution in [3.63, 3.8) is 0 Å². The normalized spacial score (nSPS) is 11.4. The lowest BCUT2D eigenvalue weighted by atomic mass is 10.5. The Morgan fingerprint density at radius 1 is 0.483 bits per heavy atom. The molecule has 0 spiro atoms. The van der Waals surface area contributed by atoms with Crippen LogP contribution in [0.3, 0.4) is 0 Å². The molecule has 0 bridgehead atoms. The van der Waals surface area contributed by atoms with Gasteiger partial charge in [-0.3, -0.25) is 13.6 Å². The molecule has 3 heterocycles. The van der Waals surface area contributed by atoms with Crippen LogP contribution in [0.1, 0.15) is 0 Å². The zero-order valence-electron chi connectivity index (χ0n) is 16.3. The fourth-order valence-electron chi connectivity index (χ4n) is 2.64. The number of phosphoric ester groups is 1. The van der Waals surface area contributed by atoms with Crippen molar-refractivity contribution >= 4 is 7.82 Å². The summed E-state index contributed by atoms with van der Waals surface area (Å²) in [5.41, 5.74) is 0. The van der Waals surface area contributed by atoms with E-state index in [9.17, 15) is 4.57 Å². The smallest absolute Gasteiger partial charge is 0.280 e. The van der Waals surface area contributed by atoms with E-state index in [0.29, 0.717) is 19.6 Å². The number of hydrogen-bond donors (Lipinski definition) is 0. The second-order valence-electron chi connectivity index (χ2n) is 6.29. The van der Waals surface area contributed by atoms with Crippen LogP contribution in [0.2, 0.25) is 0 Å². The van der Waals surface area contributed by atoms with Gasteiger partial charge in [-0.25, -0.2) is 18.3 Å². The Hall–Kier alpha value is -2.44. The highest BCUT2D eigenvalue weighted by Gasteiger charge is 2.28. The molecule has 8 heteroatoms. The Bertz CT molecular complexity index is 765. The lowest BCUT2D eigenvalue weighted by Gasteiger charge is -2.16. The molecule has 3 aromatic heterocycles. The third-order valence-corrected chi connectivity index (χ3v) is 5.62. The highest BCUT2D eigenvalue weighted by atomic mass is 31.2. The summed E-state index contributed by atoms with van der Waals surface area (Å²) in [6, 6.07) is 17.4. The summed E-state index contributed by atoms with van der Waals surface area (Å²) < 4.78 is 35.7. The molecule has 3 rings (SSSR count). The molecule has 0 aliphatic carbocycles. The Morgan fingerprint density at radius 2 is 0.759 bits per heavy atom. The Balaban J connectivity index is 1.52. The van der Waals surface area contributed by atoms with Gasteiger partial charge in [-0.2, -0.15) is 0 Å². The van der Waals surface area contributed by atoms with E-state index in [1.165, 1.54) is 0 Å². The summed E-state index contributed by atoms with van der Waals surface area (Å²) in [6.07, 6.45) is 11.5. The SMILES string of the molecule is O=P(OCC[n+]1ccccc1)(OCC[n+]1ccccc1)OCC[n+]1ccccc1. The number of nitrogens with zero attached hydrogens (tertiary/aromatic N) is 3. The lowest BCUT2D eigenvalue weighted by molar-refractivity contribution is -0.699. The molecule has 0 N–H and O–H groups in total. The van der Waals surface area contributed by atoms with Crippen LogP contribution in [0.4, 0.5) is 0 Å². The molecule has 0 aliphatic heterocycles. The van der Waals surface area contributed by atoms with Gasteiger partial charge in [0.15, 0.2) is 56.8 Å². The first-order valence-electron chi connectivity index (χ1n) is 9.59. The van der Waals surface area contributed by atoms with Crippen molar-refractivity contribution in [1.82, 2.24) is 0 Å². The van der Waals surface area contributed by atoms with Crippen LogP contribution in [-0.2, 0) is 37.8 Å². The molecule has 0 unspecified atom stereocenters. The molecule has 0 saturated carbocycles. The van der Waals surface area contributed by atoms with Crippen LogP contribution in [0, 0.1) is 0 Å². The van der Waals surface area contributed by atoms with Crippen LogP contribution in [0.15, 0.2) is 91.8 Å². The monoisotopic (exact) mass is 416 g/mol. The van der Waals surface area contributed by atoms with Gasteiger partial charge in [0.1, 0.15) is 19.8 Å². The minimum atomic E-state index is -3.67. The highest BCUT2D eigenvalue weighted by molar-refractivity contribution is 7.48. The maximum atomic E-state index is 13.1. The predicted molar refractivity (Wildman–Crippen MR) is 105 cm³/mol. The molecule has 0 fully saturated rings. The van der Waals surface area contributed by atoms with Crippen molar-refractivity contribution in [2.24, 2.45) is 0 Å². The van der Waals surface area contributed by atoms with Crippen molar-refractivity contribution < 1.29 is 31.8 Å². The average Bonchev–Trinajstić information content (AvgIpc) is 2.76. The molecule has 0 saturated heterocycles. The van der Waals surface area contributed by atoms with Crippen molar-refractivity contribution in [3.05, 3.63) is 91.8 Å². The fraction of sp³-hybridized carbons (Fsp3) is 0.286. The van der Waals surface area contributed by atoms with Crippen molar-refractivity contribution in [1.29, 1.82) is 0 Å². The molecular formula is C21H27N3O4P+3. The molecule has 0 amide bonds. The minimum absolute atomic E-state index is 0.225. The van der Waals surface area contributed by atoms with Crippen molar-refractivity contribution in [3.8, 4) is 0 Å². The molecular weight excluding hydrogens is 389 g/mol. The molecule has 0 radical (unpaired) electrons. The van der Waals surface area contributed by atoms with Crippen molar-refractivity contribution in [2.45, 2.75) is 19.6 Å². The zero-order valence-corrected chi connectivity index (χ0v) is 17.2. The second-order valence-corrected chi connectivity index (χ2v) is 7.96. The fourth-order valence-corrected chi connectivity index (χ4v) is 3.78. The first-order chi connectivity index (χ1) is 14.2. The summed E-state index contributed by atoms with van der Waals surface area (Å²) in [7, 11) is -3.67. The van der Waals surface area contributed by atoms with E-state index in [0.717, 1.165) is 0 Å². The lowest BCUT2D eigenvalue weighted by Crippen LogP contribution is -2.36. The number of hydrogen-bond acceptors (Lipinski definition) is 4. The van der Waals surface area contributed by atoms with Gasteiger partial charge in [-0.1, -0.05) is 18.2 Å². The summed E-state index contributed by atoms with van der Waals surface area (Å²) in [6.45, 7) is 2.34. The van der Waals surface area contributed by atoms with Gasteiger partial charge in [0.25, 0.3) is 0 Å². The van der Waals surface area contributed by atoms with Crippen LogP contribution in [0.5, 0.6) is 0 Å². The van der Waals surface area contributed by atoms with E-state index in [-0.39, 0.29) is 19.8 Å². The first kappa shape index (κ1) is 21.3. The second kappa shape index (κ2) is 11.5. The van der Waals surface area contributed by atoms with Crippen LogP contribution < -0.4 is 13.7 Å². The maximum absolute atomic E-state index is 13.1. The number of pyridine rings is 3. The topological polar surface area (TPSA) is 56.4 Å². The van der Waals surface area contributed by atoms with Gasteiger partial charge < -0.3 is 0 Å². The quantitative estimate of drug-likeness (QED) is 0.335. The summed E-state index contributed by atoms with van der Waals surface area (Å²) in [5.74, 6) is 0. The van der Waals surface area contributed by atoms with E-state index in [2.05, 4.69) is 0 Å². The molecule has 152 valence electrons. The van der Waals surface area contributed by atoms with Gasteiger partial charge in [-0.15, -0.1) is 0 Å². The standard InChI is InChI=1S/C21H27N3O4P/c25-29(26-19-16-22-10-4-1-5-11-22,27-20-17-23-12-6-2-7-13-23)28-21-18-24-14-8-3-9-15-24/h1-15H,16-21H2/q+3. The average molecular weight is 416 g/mol. The molecule has 0 aliphatic rings. The third kappa shape index (κ3) is 7.83. The van der Waals surface area contributed by atoms with E-state index in [4.69, 9.17) is 13.6 Å². The molecule has 0 atom stereocenters. The van der Waals surface area contributed by atoms with Crippen molar-refractivity contribution in [2.75, 3.05) is 19.8 Å². The largest absolute Gasteiger partial charge is 0.475 e. The zero-order chi connectivity index (χ0) is 20.2. The molecule has 3 aromatic rings. The van der Waals surface area contributed by atoms with Gasteiger partial charge in [0, 0.05) is 36.4 Å². The molecule has 0 aromatic carbocycles. The first-order valence-corrected chi connectivity index (χ1v) is 11.1. The van der Waals surface area contributed by atoms with Crippen LogP contribution in [-0.4, -0.2) is 19.8 Å². The van der Waals surface area contributed by atoms with E-state index >= 15 is 0 Å². The van der Waals surface area contributed by atoms with E-state index in [1.54, 1.807) is 0 Å². The third-order valence-electron chi connectivity index (χ3n) is 4.13. The van der Waals surface area contributed by atoms with Gasteiger partial charge in [0.05, 0.1) is 0 Å². The van der Waals surface area contributed by atoms with E-state index < -0.39 is 7.82 Å². The number of rotatable bonds is 12. The van der Waals surface area contributed by atoms with E-state index in [1.807, 2.05) is 105 Å². The highest BCUT2D eigenvalue weighted by Crippen LogP contribution is 2.49. The Morgan fingerprint density at radius 3 is 1.03 bits per heavy atom. The number of phosphoric acid groups is 1. The summed E-state index contributed by atoms with van der Waals surface area (Å²) >= 11 is 0. The van der Waals surface area contributed by atoms with Gasteiger partial charge in [-0.05, 0) is 0 Å². The summed E-state index contributed by atoms with van der Waals surface area (Å²) in [5, 5.41) is 0. The Kier molecular flexibility index (Phi) is 8.46. The Labute approximate surface area is 171 Å². The number of aromatic nitrogens is 3. The minimum Gasteiger partial charge on any atom is -0.280 e. The predicted octanol–water partition coefficient (Wildman–Crippen LogP) is 2.11. The van der Waals surface area contributed by atoms with Crippen LogP contribution >= 0.6 is 7.82 Å². The maximum Gasteiger partial charge on any atom is 0.475 e. The van der Waals surface area contributed by atoms with Gasteiger partial charge >= 0.3 is 7.82 Å². The van der Waals surface area contributed by atoms with Crippen LogP contribution in [0.25, 0.3) is 0 Å². The molecule has 7 nitrogen and oxygen atoms in total.